The predicted octanol–water partition coefficient (Wildman–Crippen LogP) is -2.05. The van der Waals surface area contributed by atoms with Gasteiger partial charge in [-0.1, -0.05) is 30.3 Å². The molecule has 1 nitrogen and oxygen atoms in total. The van der Waals surface area contributed by atoms with Crippen LogP contribution in [0.5, 0.6) is 0 Å². The number of allylic oxidation sites excluding steroid dienone is 1. The van der Waals surface area contributed by atoms with Gasteiger partial charge >= 0.3 is 29.6 Å². The fourth-order valence-electron chi connectivity index (χ4n) is 1.25. The molecule has 0 heterocycles. The molecule has 0 aromatic heterocycles. The number of fused-ring (bicyclic) bond motifs is 1. The molecule has 2 rings (SSSR count). The van der Waals surface area contributed by atoms with E-state index >= 15 is 0 Å². The fraction of sp³-hybridized carbons (Fsp3) is 0.111. The number of hydrogen-bond acceptors (Lipinski definition) is 1. The molecule has 50 valence electrons. The van der Waals surface area contributed by atoms with E-state index < -0.39 is 0 Å². The zero-order valence-electron chi connectivity index (χ0n) is 6.50. The Morgan fingerprint density at radius 2 is 1.91 bits per heavy atom. The third kappa shape index (κ3) is 1.67. The van der Waals surface area contributed by atoms with Crippen LogP contribution in [0.2, 0.25) is 0 Å². The molecular weight excluding hydrogens is 147 g/mol. The molecule has 0 bridgehead atoms. The summed E-state index contributed by atoms with van der Waals surface area (Å²) >= 11 is 0. The topological polar surface area (TPSA) is 23.1 Å². The molecule has 0 unspecified atom stereocenters. The number of hydrogen-bond donors (Lipinski definition) is 0. The molecular formula is C9H7NaO. The summed E-state index contributed by atoms with van der Waals surface area (Å²) in [5, 5.41) is 10.8. The zero-order valence-corrected chi connectivity index (χ0v) is 8.50. The SMILES string of the molecule is [Na+].[O-]C1=Cc2ccccc2C1. The van der Waals surface area contributed by atoms with Crippen molar-refractivity contribution >= 4 is 6.08 Å². The van der Waals surface area contributed by atoms with Crippen molar-refractivity contribution in [2.75, 3.05) is 0 Å². The Kier molecular flexibility index (Phi) is 2.77. The van der Waals surface area contributed by atoms with Crippen LogP contribution < -0.4 is 34.7 Å². The Balaban J connectivity index is 0.000000605. The van der Waals surface area contributed by atoms with Gasteiger partial charge in [0.15, 0.2) is 0 Å². The van der Waals surface area contributed by atoms with Crippen molar-refractivity contribution < 1.29 is 34.7 Å². The van der Waals surface area contributed by atoms with Crippen LogP contribution in [0.3, 0.4) is 0 Å². The maximum atomic E-state index is 10.8. The van der Waals surface area contributed by atoms with E-state index in [-0.39, 0.29) is 35.3 Å². The van der Waals surface area contributed by atoms with E-state index in [9.17, 15) is 5.11 Å². The van der Waals surface area contributed by atoms with Gasteiger partial charge in [0, 0.05) is 0 Å². The van der Waals surface area contributed by atoms with Crippen molar-refractivity contribution in [3.8, 4) is 0 Å². The first-order valence-electron chi connectivity index (χ1n) is 3.32. The molecule has 0 amide bonds. The minimum Gasteiger partial charge on any atom is -0.875 e. The quantitative estimate of drug-likeness (QED) is 0.394. The van der Waals surface area contributed by atoms with Crippen LogP contribution in [0.25, 0.3) is 6.08 Å². The second-order valence-corrected chi connectivity index (χ2v) is 2.49. The van der Waals surface area contributed by atoms with Gasteiger partial charge in [-0.25, -0.2) is 0 Å². The summed E-state index contributed by atoms with van der Waals surface area (Å²) in [7, 11) is 0. The van der Waals surface area contributed by atoms with Crippen LogP contribution in [0, 0.1) is 0 Å². The van der Waals surface area contributed by atoms with Crippen LogP contribution in [-0.2, 0) is 6.42 Å². The molecule has 0 saturated heterocycles. The van der Waals surface area contributed by atoms with Crippen molar-refractivity contribution in [2.45, 2.75) is 6.42 Å². The minimum atomic E-state index is 0. The zero-order chi connectivity index (χ0) is 6.97. The van der Waals surface area contributed by atoms with E-state index in [4.69, 9.17) is 0 Å². The molecule has 0 radical (unpaired) electrons. The summed E-state index contributed by atoms with van der Waals surface area (Å²) in [5.41, 5.74) is 2.25. The molecule has 0 fully saturated rings. The van der Waals surface area contributed by atoms with E-state index in [0.29, 0.717) is 6.42 Å². The van der Waals surface area contributed by atoms with E-state index in [1.165, 1.54) is 0 Å². The van der Waals surface area contributed by atoms with Crippen molar-refractivity contribution in [1.82, 2.24) is 0 Å². The molecule has 0 aliphatic heterocycles. The van der Waals surface area contributed by atoms with Gasteiger partial charge in [0.05, 0.1) is 0 Å². The van der Waals surface area contributed by atoms with Crippen LogP contribution >= 0.6 is 0 Å². The van der Waals surface area contributed by atoms with Crippen LogP contribution in [0.4, 0.5) is 0 Å². The molecule has 1 aromatic carbocycles. The second-order valence-electron chi connectivity index (χ2n) is 2.49. The Labute approximate surface area is 88.0 Å². The number of rotatable bonds is 0. The van der Waals surface area contributed by atoms with Gasteiger partial charge in [0.1, 0.15) is 0 Å². The van der Waals surface area contributed by atoms with Gasteiger partial charge < -0.3 is 5.11 Å². The molecule has 0 spiro atoms. The van der Waals surface area contributed by atoms with Crippen LogP contribution in [-0.4, -0.2) is 0 Å². The first-order chi connectivity index (χ1) is 4.86. The van der Waals surface area contributed by atoms with E-state index in [1.807, 2.05) is 24.3 Å². The van der Waals surface area contributed by atoms with Gasteiger partial charge in [0.25, 0.3) is 0 Å². The third-order valence-corrected chi connectivity index (χ3v) is 1.74. The average Bonchev–Trinajstić information content (AvgIpc) is 2.27. The van der Waals surface area contributed by atoms with Gasteiger partial charge in [-0.3, -0.25) is 0 Å². The molecule has 1 aliphatic rings. The smallest absolute Gasteiger partial charge is 0.875 e. The monoisotopic (exact) mass is 154 g/mol. The van der Waals surface area contributed by atoms with E-state index in [2.05, 4.69) is 0 Å². The second kappa shape index (κ2) is 3.44. The molecule has 2 heteroatoms. The number of benzene rings is 1. The third-order valence-electron chi connectivity index (χ3n) is 1.74. The normalized spacial score (nSPS) is 13.3. The van der Waals surface area contributed by atoms with E-state index in [0.717, 1.165) is 11.1 Å². The largest absolute Gasteiger partial charge is 1.00 e. The Morgan fingerprint density at radius 3 is 2.64 bits per heavy atom. The maximum Gasteiger partial charge on any atom is 1.00 e. The Bertz CT molecular complexity index is 291. The Morgan fingerprint density at radius 1 is 1.18 bits per heavy atom. The molecule has 0 atom stereocenters. The van der Waals surface area contributed by atoms with Crippen molar-refractivity contribution in [3.05, 3.63) is 41.2 Å². The predicted molar refractivity (Wildman–Crippen MR) is 38.1 cm³/mol. The molecule has 11 heavy (non-hydrogen) atoms. The summed E-state index contributed by atoms with van der Waals surface area (Å²) in [4.78, 5) is 0. The summed E-state index contributed by atoms with van der Waals surface area (Å²) in [6, 6.07) is 7.89. The Hall–Kier alpha value is -0.240. The van der Waals surface area contributed by atoms with Gasteiger partial charge in [-0.15, -0.1) is 5.76 Å². The molecule has 0 N–H and O–H groups in total. The molecule has 0 saturated carbocycles. The van der Waals surface area contributed by atoms with Gasteiger partial charge in [-0.2, -0.15) is 0 Å². The summed E-state index contributed by atoms with van der Waals surface area (Å²) in [6.07, 6.45) is 2.30. The van der Waals surface area contributed by atoms with Crippen molar-refractivity contribution in [1.29, 1.82) is 0 Å². The average molecular weight is 154 g/mol. The van der Waals surface area contributed by atoms with Crippen molar-refractivity contribution in [3.63, 3.8) is 0 Å². The van der Waals surface area contributed by atoms with Gasteiger partial charge in [0.2, 0.25) is 0 Å². The first-order valence-corrected chi connectivity index (χ1v) is 3.32. The molecule has 1 aliphatic carbocycles. The first kappa shape index (κ1) is 8.85. The van der Waals surface area contributed by atoms with Crippen LogP contribution in [0.1, 0.15) is 11.1 Å². The van der Waals surface area contributed by atoms with Crippen molar-refractivity contribution in [2.24, 2.45) is 0 Å². The summed E-state index contributed by atoms with van der Waals surface area (Å²) in [5.74, 6) is 0.223. The maximum absolute atomic E-state index is 10.8. The molecule has 1 aromatic rings. The van der Waals surface area contributed by atoms with Crippen LogP contribution in [0.15, 0.2) is 30.0 Å². The van der Waals surface area contributed by atoms with Gasteiger partial charge in [-0.05, 0) is 17.5 Å². The standard InChI is InChI=1S/C9H8O.Na/c10-9-5-7-3-1-2-4-8(7)6-9;/h1-5,10H,6H2;/q;+1/p-1. The summed E-state index contributed by atoms with van der Waals surface area (Å²) in [6.45, 7) is 0. The fourth-order valence-corrected chi connectivity index (χ4v) is 1.25. The summed E-state index contributed by atoms with van der Waals surface area (Å²) < 4.78 is 0. The minimum absolute atomic E-state index is 0. The van der Waals surface area contributed by atoms with E-state index in [1.54, 1.807) is 6.08 Å².